The van der Waals surface area contributed by atoms with Crippen molar-refractivity contribution in [2.45, 2.75) is 13.0 Å². The highest BCUT2D eigenvalue weighted by Gasteiger charge is 2.11. The molecule has 0 aromatic carbocycles. The molecule has 0 aliphatic heterocycles. The van der Waals surface area contributed by atoms with Crippen molar-refractivity contribution in [3.05, 3.63) is 50.4 Å². The van der Waals surface area contributed by atoms with E-state index in [9.17, 15) is 0 Å². The largest absolute Gasteiger partial charge is 0.320 e. The summed E-state index contributed by atoms with van der Waals surface area (Å²) in [6.45, 7) is 2.02. The molecule has 15 heavy (non-hydrogen) atoms. The van der Waals surface area contributed by atoms with E-state index >= 15 is 0 Å². The first-order chi connectivity index (χ1) is 7.16. The first-order valence-electron chi connectivity index (χ1n) is 4.58. The van der Waals surface area contributed by atoms with Gasteiger partial charge in [-0.15, -0.1) is 11.3 Å². The van der Waals surface area contributed by atoms with Crippen LogP contribution in [0, 0.1) is 6.92 Å². The molecule has 0 amide bonds. The molecular formula is C11H11BrN2S. The van der Waals surface area contributed by atoms with Gasteiger partial charge in [0.2, 0.25) is 0 Å². The number of nitrogens with zero attached hydrogens (tertiary/aromatic N) is 1. The molecular weight excluding hydrogens is 272 g/mol. The lowest BCUT2D eigenvalue weighted by Gasteiger charge is -2.09. The summed E-state index contributed by atoms with van der Waals surface area (Å²) in [4.78, 5) is 5.30. The van der Waals surface area contributed by atoms with Crippen molar-refractivity contribution >= 4 is 27.3 Å². The van der Waals surface area contributed by atoms with E-state index in [2.05, 4.69) is 33.0 Å². The predicted octanol–water partition coefficient (Wildman–Crippen LogP) is 3.26. The average Bonchev–Trinajstić information content (AvgIpc) is 2.64. The van der Waals surface area contributed by atoms with Crippen molar-refractivity contribution in [1.29, 1.82) is 0 Å². The van der Waals surface area contributed by atoms with Crippen molar-refractivity contribution in [2.24, 2.45) is 5.73 Å². The van der Waals surface area contributed by atoms with E-state index in [1.165, 1.54) is 0 Å². The summed E-state index contributed by atoms with van der Waals surface area (Å²) in [6, 6.07) is 4.05. The number of hydrogen-bond acceptors (Lipinski definition) is 3. The van der Waals surface area contributed by atoms with Crippen LogP contribution in [0.3, 0.4) is 0 Å². The molecule has 2 aromatic heterocycles. The fourth-order valence-corrected chi connectivity index (χ4v) is 2.88. The van der Waals surface area contributed by atoms with E-state index < -0.39 is 0 Å². The van der Waals surface area contributed by atoms with Crippen molar-refractivity contribution in [3.8, 4) is 0 Å². The van der Waals surface area contributed by atoms with Gasteiger partial charge >= 0.3 is 0 Å². The Morgan fingerprint density at radius 3 is 2.80 bits per heavy atom. The van der Waals surface area contributed by atoms with Crippen LogP contribution in [0.25, 0.3) is 0 Å². The number of pyridine rings is 1. The predicted molar refractivity (Wildman–Crippen MR) is 67.0 cm³/mol. The normalized spacial score (nSPS) is 12.7. The van der Waals surface area contributed by atoms with Crippen LogP contribution in [-0.4, -0.2) is 4.98 Å². The second-order valence-electron chi connectivity index (χ2n) is 3.44. The Balaban J connectivity index is 2.32. The van der Waals surface area contributed by atoms with Gasteiger partial charge in [0.25, 0.3) is 0 Å². The quantitative estimate of drug-likeness (QED) is 0.918. The Morgan fingerprint density at radius 2 is 2.20 bits per heavy atom. The van der Waals surface area contributed by atoms with E-state index in [0.717, 1.165) is 20.5 Å². The highest BCUT2D eigenvalue weighted by atomic mass is 79.9. The zero-order chi connectivity index (χ0) is 10.8. The van der Waals surface area contributed by atoms with E-state index in [-0.39, 0.29) is 6.04 Å². The maximum Gasteiger partial charge on any atom is 0.0661 e. The molecule has 0 fully saturated rings. The molecule has 2 rings (SSSR count). The van der Waals surface area contributed by atoms with Gasteiger partial charge in [-0.05, 0) is 40.0 Å². The number of aryl methyl sites for hydroxylation is 1. The van der Waals surface area contributed by atoms with Gasteiger partial charge < -0.3 is 5.73 Å². The molecule has 1 atom stereocenters. The summed E-state index contributed by atoms with van der Waals surface area (Å²) >= 11 is 5.09. The number of hydrogen-bond donors (Lipinski definition) is 1. The maximum absolute atomic E-state index is 6.15. The second-order valence-corrected chi connectivity index (χ2v) is 5.30. The topological polar surface area (TPSA) is 38.9 Å². The van der Waals surface area contributed by atoms with Gasteiger partial charge in [-0.3, -0.25) is 4.98 Å². The smallest absolute Gasteiger partial charge is 0.0661 e. The molecule has 78 valence electrons. The van der Waals surface area contributed by atoms with Gasteiger partial charge in [-0.2, -0.15) is 0 Å². The number of rotatable bonds is 2. The molecule has 0 aliphatic carbocycles. The molecule has 0 radical (unpaired) electrons. The van der Waals surface area contributed by atoms with Gasteiger partial charge in [0.15, 0.2) is 0 Å². The molecule has 0 bridgehead atoms. The van der Waals surface area contributed by atoms with Crippen LogP contribution in [-0.2, 0) is 0 Å². The third-order valence-electron chi connectivity index (χ3n) is 2.15. The first kappa shape index (κ1) is 10.8. The van der Waals surface area contributed by atoms with Crippen LogP contribution in [0.1, 0.15) is 22.0 Å². The zero-order valence-corrected chi connectivity index (χ0v) is 10.7. The summed E-state index contributed by atoms with van der Waals surface area (Å²) in [7, 11) is 0. The summed E-state index contributed by atoms with van der Waals surface area (Å²) in [5.74, 6) is 0. The van der Waals surface area contributed by atoms with Crippen LogP contribution >= 0.6 is 27.3 Å². The minimum Gasteiger partial charge on any atom is -0.320 e. The van der Waals surface area contributed by atoms with Gasteiger partial charge in [0, 0.05) is 27.1 Å². The first-order valence-corrected chi connectivity index (χ1v) is 6.25. The fraction of sp³-hybridized carbons (Fsp3) is 0.182. The van der Waals surface area contributed by atoms with E-state index in [0.29, 0.717) is 0 Å². The van der Waals surface area contributed by atoms with Crippen LogP contribution in [0.2, 0.25) is 0 Å². The Labute approximate surface area is 101 Å². The summed E-state index contributed by atoms with van der Waals surface area (Å²) in [6.07, 6.45) is 3.66. The van der Waals surface area contributed by atoms with Gasteiger partial charge in [-0.1, -0.05) is 6.07 Å². The number of halogens is 1. The zero-order valence-electron chi connectivity index (χ0n) is 8.27. The lowest BCUT2D eigenvalue weighted by atomic mass is 10.1. The molecule has 0 spiro atoms. The molecule has 4 heteroatoms. The summed E-state index contributed by atoms with van der Waals surface area (Å²) < 4.78 is 1.08. The number of aromatic nitrogens is 1. The van der Waals surface area contributed by atoms with E-state index in [4.69, 9.17) is 5.73 Å². The highest BCUT2D eigenvalue weighted by molar-refractivity contribution is 9.10. The molecule has 2 N–H and O–H groups in total. The van der Waals surface area contributed by atoms with Crippen LogP contribution in [0.15, 0.2) is 34.4 Å². The molecule has 2 heterocycles. The van der Waals surface area contributed by atoms with Crippen molar-refractivity contribution in [2.75, 3.05) is 0 Å². The molecule has 0 aliphatic rings. The Kier molecular flexibility index (Phi) is 3.19. The lowest BCUT2D eigenvalue weighted by molar-refractivity contribution is 0.880. The van der Waals surface area contributed by atoms with Gasteiger partial charge in [0.1, 0.15) is 0 Å². The Bertz CT molecular complexity index is 467. The standard InChI is InChI=1S/C11H11BrN2S/c1-7-2-8(5-14-4-7)11(13)10-3-9(12)6-15-10/h2-6,11H,13H2,1H3. The summed E-state index contributed by atoms with van der Waals surface area (Å²) in [5, 5.41) is 2.04. The third kappa shape index (κ3) is 2.45. The van der Waals surface area contributed by atoms with Crippen LogP contribution in [0.5, 0.6) is 0 Å². The minimum atomic E-state index is -0.0753. The van der Waals surface area contributed by atoms with Crippen LogP contribution < -0.4 is 5.73 Å². The minimum absolute atomic E-state index is 0.0753. The fourth-order valence-electron chi connectivity index (χ4n) is 1.40. The highest BCUT2D eigenvalue weighted by Crippen LogP contribution is 2.28. The Hall–Kier alpha value is -0.710. The SMILES string of the molecule is Cc1cncc(C(N)c2cc(Br)cs2)c1. The lowest BCUT2D eigenvalue weighted by Crippen LogP contribution is -2.10. The Morgan fingerprint density at radius 1 is 1.40 bits per heavy atom. The van der Waals surface area contributed by atoms with E-state index in [1.807, 2.05) is 24.7 Å². The second kappa shape index (κ2) is 4.43. The third-order valence-corrected chi connectivity index (χ3v) is 3.93. The molecule has 2 nitrogen and oxygen atoms in total. The molecule has 0 saturated carbocycles. The van der Waals surface area contributed by atoms with Gasteiger partial charge in [-0.25, -0.2) is 0 Å². The van der Waals surface area contributed by atoms with Gasteiger partial charge in [0.05, 0.1) is 6.04 Å². The molecule has 1 unspecified atom stereocenters. The average molecular weight is 283 g/mol. The number of thiophene rings is 1. The van der Waals surface area contributed by atoms with E-state index in [1.54, 1.807) is 11.3 Å². The van der Waals surface area contributed by atoms with Crippen LogP contribution in [0.4, 0.5) is 0 Å². The summed E-state index contributed by atoms with van der Waals surface area (Å²) in [5.41, 5.74) is 8.35. The van der Waals surface area contributed by atoms with Crippen molar-refractivity contribution in [1.82, 2.24) is 4.98 Å². The number of nitrogens with two attached hydrogens (primary N) is 1. The van der Waals surface area contributed by atoms with Crippen molar-refractivity contribution in [3.63, 3.8) is 0 Å². The molecule has 0 saturated heterocycles. The monoisotopic (exact) mass is 282 g/mol. The maximum atomic E-state index is 6.15. The molecule has 2 aromatic rings. The van der Waals surface area contributed by atoms with Crippen molar-refractivity contribution < 1.29 is 0 Å².